The number of rotatable bonds is 4. The highest BCUT2D eigenvalue weighted by atomic mass is 16.6. The van der Waals surface area contributed by atoms with Crippen LogP contribution in [0.3, 0.4) is 0 Å². The zero-order valence-corrected chi connectivity index (χ0v) is 11.6. The van der Waals surface area contributed by atoms with Crippen molar-refractivity contribution >= 4 is 6.09 Å². The van der Waals surface area contributed by atoms with Gasteiger partial charge in [-0.15, -0.1) is 0 Å². The molecule has 4 heteroatoms. The molecule has 0 aliphatic rings. The first-order valence-corrected chi connectivity index (χ1v) is 6.31. The smallest absolute Gasteiger partial charge is 0.407 e. The molecule has 0 aromatic heterocycles. The highest BCUT2D eigenvalue weighted by molar-refractivity contribution is 5.68. The molecule has 0 radical (unpaired) electrons. The van der Waals surface area contributed by atoms with E-state index in [2.05, 4.69) is 11.4 Å². The number of nitriles is 1. The fourth-order valence-corrected chi connectivity index (χ4v) is 1.66. The van der Waals surface area contributed by atoms with Gasteiger partial charge in [0.15, 0.2) is 0 Å². The quantitative estimate of drug-likeness (QED) is 0.905. The molecular formula is C15H20N2O2. The molecule has 102 valence electrons. The van der Waals surface area contributed by atoms with E-state index >= 15 is 0 Å². The van der Waals surface area contributed by atoms with Crippen molar-refractivity contribution in [1.29, 1.82) is 5.26 Å². The monoisotopic (exact) mass is 260 g/mol. The molecule has 1 atom stereocenters. The third-order valence-corrected chi connectivity index (χ3v) is 2.38. The van der Waals surface area contributed by atoms with Gasteiger partial charge in [0.25, 0.3) is 0 Å². The summed E-state index contributed by atoms with van der Waals surface area (Å²) in [5.41, 5.74) is 0.549. The zero-order chi connectivity index (χ0) is 14.3. The molecule has 0 heterocycles. The summed E-state index contributed by atoms with van der Waals surface area (Å²) in [7, 11) is 0. The normalized spacial score (nSPS) is 12.3. The van der Waals surface area contributed by atoms with E-state index in [1.165, 1.54) is 0 Å². The summed E-state index contributed by atoms with van der Waals surface area (Å²) in [5, 5.41) is 11.6. The molecule has 0 bridgehead atoms. The van der Waals surface area contributed by atoms with Gasteiger partial charge in [-0.3, -0.25) is 0 Å². The predicted molar refractivity (Wildman–Crippen MR) is 73.5 cm³/mol. The number of benzene rings is 1. The van der Waals surface area contributed by atoms with Crippen LogP contribution in [0.5, 0.6) is 0 Å². The first-order valence-electron chi connectivity index (χ1n) is 6.31. The lowest BCUT2D eigenvalue weighted by Crippen LogP contribution is -2.40. The van der Waals surface area contributed by atoms with Crippen molar-refractivity contribution in [3.8, 4) is 6.07 Å². The molecule has 1 amide bonds. The van der Waals surface area contributed by atoms with Gasteiger partial charge in [0.2, 0.25) is 0 Å². The second-order valence-corrected chi connectivity index (χ2v) is 5.40. The molecule has 0 fully saturated rings. The van der Waals surface area contributed by atoms with Gasteiger partial charge in [-0.05, 0) is 32.8 Å². The first-order chi connectivity index (χ1) is 8.90. The largest absolute Gasteiger partial charge is 0.444 e. The van der Waals surface area contributed by atoms with Gasteiger partial charge in [0, 0.05) is 6.04 Å². The number of carbonyl (C=O) groups excluding carboxylic acids is 1. The van der Waals surface area contributed by atoms with Crippen LogP contribution in [0.25, 0.3) is 0 Å². The maximum absolute atomic E-state index is 11.7. The Bertz CT molecular complexity index is 443. The molecule has 0 spiro atoms. The molecule has 4 nitrogen and oxygen atoms in total. The van der Waals surface area contributed by atoms with E-state index in [9.17, 15) is 4.79 Å². The van der Waals surface area contributed by atoms with Crippen LogP contribution in [0.15, 0.2) is 30.3 Å². The van der Waals surface area contributed by atoms with Gasteiger partial charge in [-0.2, -0.15) is 5.26 Å². The SMILES string of the molecule is CC(C)(C)OC(=O)N[C@@H](CC#N)Cc1ccccc1. The second kappa shape index (κ2) is 6.79. The maximum Gasteiger partial charge on any atom is 0.407 e. The van der Waals surface area contributed by atoms with Crippen molar-refractivity contribution in [2.45, 2.75) is 45.3 Å². The summed E-state index contributed by atoms with van der Waals surface area (Å²) in [4.78, 5) is 11.7. The Labute approximate surface area is 114 Å². The van der Waals surface area contributed by atoms with E-state index in [1.54, 1.807) is 0 Å². The zero-order valence-electron chi connectivity index (χ0n) is 11.6. The molecular weight excluding hydrogens is 240 g/mol. The summed E-state index contributed by atoms with van der Waals surface area (Å²) in [6.07, 6.45) is 0.394. The van der Waals surface area contributed by atoms with Crippen LogP contribution in [0, 0.1) is 11.3 Å². The van der Waals surface area contributed by atoms with Crippen molar-refractivity contribution in [1.82, 2.24) is 5.32 Å². The van der Waals surface area contributed by atoms with Gasteiger partial charge in [-0.1, -0.05) is 30.3 Å². The minimum Gasteiger partial charge on any atom is -0.444 e. The number of alkyl carbamates (subject to hydrolysis) is 1. The fraction of sp³-hybridized carbons (Fsp3) is 0.467. The Morgan fingerprint density at radius 3 is 2.53 bits per heavy atom. The van der Waals surface area contributed by atoms with E-state index < -0.39 is 11.7 Å². The summed E-state index contributed by atoms with van der Waals surface area (Å²) >= 11 is 0. The number of nitrogens with one attached hydrogen (secondary N) is 1. The maximum atomic E-state index is 11.7. The Hall–Kier alpha value is -2.02. The van der Waals surface area contributed by atoms with Crippen molar-refractivity contribution in [2.24, 2.45) is 0 Å². The number of hydrogen-bond acceptors (Lipinski definition) is 3. The minimum atomic E-state index is -0.534. The highest BCUT2D eigenvalue weighted by Gasteiger charge is 2.19. The van der Waals surface area contributed by atoms with E-state index in [-0.39, 0.29) is 12.5 Å². The molecule has 1 rings (SSSR count). The lowest BCUT2D eigenvalue weighted by Gasteiger charge is -2.22. The van der Waals surface area contributed by atoms with E-state index in [4.69, 9.17) is 10.00 Å². The second-order valence-electron chi connectivity index (χ2n) is 5.40. The molecule has 1 aromatic rings. The predicted octanol–water partition coefficient (Wildman–Crippen LogP) is 3.04. The van der Waals surface area contributed by atoms with Crippen LogP contribution in [-0.4, -0.2) is 17.7 Å². The molecule has 0 saturated heterocycles. The van der Waals surface area contributed by atoms with Crippen LogP contribution in [0.2, 0.25) is 0 Å². The highest BCUT2D eigenvalue weighted by Crippen LogP contribution is 2.09. The van der Waals surface area contributed by atoms with Gasteiger partial charge in [0.1, 0.15) is 5.60 Å². The van der Waals surface area contributed by atoms with Gasteiger partial charge >= 0.3 is 6.09 Å². The molecule has 0 unspecified atom stereocenters. The number of carbonyl (C=O) groups is 1. The summed E-state index contributed by atoms with van der Waals surface area (Å²) in [6.45, 7) is 5.43. The number of ether oxygens (including phenoxy) is 1. The van der Waals surface area contributed by atoms with Crippen LogP contribution in [0.1, 0.15) is 32.8 Å². The Morgan fingerprint density at radius 2 is 2.00 bits per heavy atom. The molecule has 0 saturated carbocycles. The van der Waals surface area contributed by atoms with E-state index in [0.717, 1.165) is 5.56 Å². The van der Waals surface area contributed by atoms with E-state index in [0.29, 0.717) is 6.42 Å². The van der Waals surface area contributed by atoms with Crippen molar-refractivity contribution in [3.05, 3.63) is 35.9 Å². The van der Waals surface area contributed by atoms with Gasteiger partial charge in [0.05, 0.1) is 12.5 Å². The van der Waals surface area contributed by atoms with Crippen LogP contribution in [0.4, 0.5) is 4.79 Å². The Balaban J connectivity index is 2.59. The van der Waals surface area contributed by atoms with Gasteiger partial charge < -0.3 is 10.1 Å². The number of amides is 1. The van der Waals surface area contributed by atoms with Crippen molar-refractivity contribution in [2.75, 3.05) is 0 Å². The third kappa shape index (κ3) is 6.46. The molecule has 0 aliphatic heterocycles. The van der Waals surface area contributed by atoms with Crippen LogP contribution < -0.4 is 5.32 Å². The summed E-state index contributed by atoms with van der Waals surface area (Å²) in [5.74, 6) is 0. The van der Waals surface area contributed by atoms with Crippen LogP contribution in [-0.2, 0) is 11.2 Å². The topological polar surface area (TPSA) is 62.1 Å². The standard InChI is InChI=1S/C15H20N2O2/c1-15(2,3)19-14(18)17-13(9-10-16)11-12-7-5-4-6-8-12/h4-8,13H,9,11H2,1-3H3,(H,17,18)/t13-/m0/s1. The summed E-state index contributed by atoms with van der Waals surface area (Å²) in [6, 6.07) is 11.6. The average Bonchev–Trinajstić information content (AvgIpc) is 2.27. The molecule has 1 aromatic carbocycles. The fourth-order valence-electron chi connectivity index (χ4n) is 1.66. The average molecular weight is 260 g/mol. The Kier molecular flexibility index (Phi) is 5.37. The van der Waals surface area contributed by atoms with Crippen LogP contribution >= 0.6 is 0 Å². The van der Waals surface area contributed by atoms with Crippen molar-refractivity contribution in [3.63, 3.8) is 0 Å². The van der Waals surface area contributed by atoms with Crippen molar-refractivity contribution < 1.29 is 9.53 Å². The molecule has 19 heavy (non-hydrogen) atoms. The minimum absolute atomic E-state index is 0.234. The lowest BCUT2D eigenvalue weighted by molar-refractivity contribution is 0.0505. The molecule has 1 N–H and O–H groups in total. The molecule has 0 aliphatic carbocycles. The number of nitrogens with zero attached hydrogens (tertiary/aromatic N) is 1. The lowest BCUT2D eigenvalue weighted by atomic mass is 10.0. The van der Waals surface area contributed by atoms with Gasteiger partial charge in [-0.25, -0.2) is 4.79 Å². The first kappa shape index (κ1) is 15.0. The third-order valence-electron chi connectivity index (χ3n) is 2.38. The van der Waals surface area contributed by atoms with E-state index in [1.807, 2.05) is 51.1 Å². The Morgan fingerprint density at radius 1 is 1.37 bits per heavy atom. The summed E-state index contributed by atoms with van der Waals surface area (Å²) < 4.78 is 5.19. The number of hydrogen-bond donors (Lipinski definition) is 1.